The summed E-state index contributed by atoms with van der Waals surface area (Å²) in [5.41, 5.74) is 2.41. The fourth-order valence-electron chi connectivity index (χ4n) is 1.79. The third kappa shape index (κ3) is 2.80. The normalized spacial score (nSPS) is 10.2. The number of benzene rings is 1. The van der Waals surface area contributed by atoms with Crippen molar-refractivity contribution in [3.05, 3.63) is 48.0 Å². The van der Waals surface area contributed by atoms with Crippen molar-refractivity contribution in [2.24, 2.45) is 0 Å². The molecule has 3 nitrogen and oxygen atoms in total. The molecule has 3 heteroatoms. The van der Waals surface area contributed by atoms with Gasteiger partial charge < -0.3 is 10.2 Å². The number of hydrogen-bond donors (Lipinski definition) is 1. The number of anilines is 3. The Kier molecular flexibility index (Phi) is 3.82. The first-order valence-electron chi connectivity index (χ1n) is 6.22. The highest BCUT2D eigenvalue weighted by Crippen LogP contribution is 2.22. The average molecular weight is 241 g/mol. The van der Waals surface area contributed by atoms with Gasteiger partial charge in [-0.3, -0.25) is 0 Å². The summed E-state index contributed by atoms with van der Waals surface area (Å²) in [4.78, 5) is 6.66. The maximum Gasteiger partial charge on any atom is 0.135 e. The fourth-order valence-corrected chi connectivity index (χ4v) is 1.79. The topological polar surface area (TPSA) is 28.2 Å². The molecule has 0 radical (unpaired) electrons. The first-order chi connectivity index (χ1) is 8.70. The summed E-state index contributed by atoms with van der Waals surface area (Å²) < 4.78 is 0. The summed E-state index contributed by atoms with van der Waals surface area (Å²) in [6.07, 6.45) is 0. The van der Waals surface area contributed by atoms with Crippen molar-refractivity contribution in [1.29, 1.82) is 0 Å². The molecule has 0 aliphatic rings. The minimum Gasteiger partial charge on any atom is -0.370 e. The lowest BCUT2D eigenvalue weighted by molar-refractivity contribution is 1.10. The second-order valence-electron chi connectivity index (χ2n) is 4.31. The summed E-state index contributed by atoms with van der Waals surface area (Å²) >= 11 is 0. The van der Waals surface area contributed by atoms with Crippen LogP contribution >= 0.6 is 0 Å². The smallest absolute Gasteiger partial charge is 0.135 e. The van der Waals surface area contributed by atoms with Crippen LogP contribution in [0.3, 0.4) is 0 Å². The van der Waals surface area contributed by atoms with Crippen molar-refractivity contribution in [2.75, 3.05) is 23.8 Å². The highest BCUT2D eigenvalue weighted by Gasteiger charge is 2.05. The van der Waals surface area contributed by atoms with Crippen LogP contribution in [0.4, 0.5) is 17.3 Å². The molecule has 0 spiro atoms. The first-order valence-corrected chi connectivity index (χ1v) is 6.22. The molecule has 2 rings (SSSR count). The van der Waals surface area contributed by atoms with E-state index in [9.17, 15) is 0 Å². The predicted octanol–water partition coefficient (Wildman–Crippen LogP) is 3.59. The molecular weight excluding hydrogens is 222 g/mol. The van der Waals surface area contributed by atoms with Crippen LogP contribution in [0.2, 0.25) is 0 Å². The lowest BCUT2D eigenvalue weighted by Gasteiger charge is -2.19. The van der Waals surface area contributed by atoms with Gasteiger partial charge in [-0.05, 0) is 38.1 Å². The zero-order chi connectivity index (χ0) is 13.0. The number of aryl methyl sites for hydroxylation is 1. The van der Waals surface area contributed by atoms with Gasteiger partial charge in [-0.1, -0.05) is 23.8 Å². The summed E-state index contributed by atoms with van der Waals surface area (Å²) in [6.45, 7) is 5.04. The minimum absolute atomic E-state index is 0.880. The van der Waals surface area contributed by atoms with Crippen LogP contribution in [-0.2, 0) is 0 Å². The van der Waals surface area contributed by atoms with Crippen molar-refractivity contribution in [2.45, 2.75) is 13.8 Å². The van der Waals surface area contributed by atoms with E-state index in [-0.39, 0.29) is 0 Å². The zero-order valence-electron chi connectivity index (χ0n) is 11.1. The quantitative estimate of drug-likeness (QED) is 0.886. The van der Waals surface area contributed by atoms with Gasteiger partial charge in [0.25, 0.3) is 0 Å². The Morgan fingerprint density at radius 1 is 1.11 bits per heavy atom. The standard InChI is InChI=1S/C15H19N3/c1-4-16-14-6-5-7-15(17-14)18(3)13-10-8-12(2)9-11-13/h5-11H,4H2,1-3H3,(H,16,17). The SMILES string of the molecule is CCNc1cccc(N(C)c2ccc(C)cc2)n1. The number of hydrogen-bond acceptors (Lipinski definition) is 3. The molecule has 0 amide bonds. The zero-order valence-corrected chi connectivity index (χ0v) is 11.1. The van der Waals surface area contributed by atoms with Gasteiger partial charge in [0.2, 0.25) is 0 Å². The van der Waals surface area contributed by atoms with E-state index < -0.39 is 0 Å². The molecule has 1 aromatic heterocycles. The highest BCUT2D eigenvalue weighted by molar-refractivity contribution is 5.60. The Balaban J connectivity index is 2.24. The van der Waals surface area contributed by atoms with Crippen LogP contribution in [0.25, 0.3) is 0 Å². The Bertz CT molecular complexity index is 505. The van der Waals surface area contributed by atoms with Gasteiger partial charge in [0.1, 0.15) is 11.6 Å². The predicted molar refractivity (Wildman–Crippen MR) is 77.6 cm³/mol. The van der Waals surface area contributed by atoms with Gasteiger partial charge in [-0.25, -0.2) is 4.98 Å². The molecule has 94 valence electrons. The van der Waals surface area contributed by atoms with Crippen molar-refractivity contribution in [3.8, 4) is 0 Å². The molecule has 0 fully saturated rings. The summed E-state index contributed by atoms with van der Waals surface area (Å²) in [5, 5.41) is 3.23. The van der Waals surface area contributed by atoms with Crippen LogP contribution in [0.1, 0.15) is 12.5 Å². The van der Waals surface area contributed by atoms with E-state index in [4.69, 9.17) is 0 Å². The van der Waals surface area contributed by atoms with Gasteiger partial charge in [0.15, 0.2) is 0 Å². The van der Waals surface area contributed by atoms with Crippen molar-refractivity contribution in [3.63, 3.8) is 0 Å². The maximum absolute atomic E-state index is 4.58. The largest absolute Gasteiger partial charge is 0.370 e. The molecule has 2 aromatic rings. The van der Waals surface area contributed by atoms with Crippen LogP contribution in [0, 0.1) is 6.92 Å². The average Bonchev–Trinajstić information content (AvgIpc) is 2.39. The molecule has 0 atom stereocenters. The molecule has 18 heavy (non-hydrogen) atoms. The molecule has 0 aliphatic carbocycles. The second-order valence-corrected chi connectivity index (χ2v) is 4.31. The van der Waals surface area contributed by atoms with E-state index in [0.717, 1.165) is 23.9 Å². The van der Waals surface area contributed by atoms with Crippen LogP contribution in [-0.4, -0.2) is 18.6 Å². The van der Waals surface area contributed by atoms with Gasteiger partial charge in [-0.2, -0.15) is 0 Å². The van der Waals surface area contributed by atoms with Gasteiger partial charge in [-0.15, -0.1) is 0 Å². The van der Waals surface area contributed by atoms with E-state index in [1.54, 1.807) is 0 Å². The van der Waals surface area contributed by atoms with Crippen molar-refractivity contribution < 1.29 is 0 Å². The van der Waals surface area contributed by atoms with E-state index in [0.29, 0.717) is 0 Å². The fraction of sp³-hybridized carbons (Fsp3) is 0.267. The van der Waals surface area contributed by atoms with Gasteiger partial charge in [0, 0.05) is 19.3 Å². The molecule has 0 saturated carbocycles. The Hall–Kier alpha value is -2.03. The lowest BCUT2D eigenvalue weighted by Crippen LogP contribution is -2.12. The molecule has 0 aliphatic heterocycles. The molecule has 1 N–H and O–H groups in total. The molecule has 0 unspecified atom stereocenters. The molecule has 0 bridgehead atoms. The Morgan fingerprint density at radius 2 is 1.83 bits per heavy atom. The number of pyridine rings is 1. The molecule has 1 heterocycles. The Labute approximate surface area is 108 Å². The summed E-state index contributed by atoms with van der Waals surface area (Å²) in [7, 11) is 2.03. The Morgan fingerprint density at radius 3 is 2.50 bits per heavy atom. The first kappa shape index (κ1) is 12.4. The number of nitrogens with zero attached hydrogens (tertiary/aromatic N) is 2. The number of aromatic nitrogens is 1. The molecule has 1 aromatic carbocycles. The highest BCUT2D eigenvalue weighted by atomic mass is 15.2. The van der Waals surface area contributed by atoms with Crippen LogP contribution < -0.4 is 10.2 Å². The maximum atomic E-state index is 4.58. The third-order valence-corrected chi connectivity index (χ3v) is 2.86. The van der Waals surface area contributed by atoms with Gasteiger partial charge >= 0.3 is 0 Å². The van der Waals surface area contributed by atoms with E-state index in [1.165, 1.54) is 5.56 Å². The van der Waals surface area contributed by atoms with E-state index in [2.05, 4.69) is 53.3 Å². The molecule has 0 saturated heterocycles. The lowest BCUT2D eigenvalue weighted by atomic mass is 10.2. The minimum atomic E-state index is 0.880. The number of rotatable bonds is 4. The molecular formula is C15H19N3. The third-order valence-electron chi connectivity index (χ3n) is 2.86. The summed E-state index contributed by atoms with van der Waals surface area (Å²) in [6, 6.07) is 14.5. The van der Waals surface area contributed by atoms with E-state index >= 15 is 0 Å². The van der Waals surface area contributed by atoms with Crippen molar-refractivity contribution >= 4 is 17.3 Å². The van der Waals surface area contributed by atoms with Crippen LogP contribution in [0.5, 0.6) is 0 Å². The second kappa shape index (κ2) is 5.54. The monoisotopic (exact) mass is 241 g/mol. The number of nitrogens with one attached hydrogen (secondary N) is 1. The van der Waals surface area contributed by atoms with Gasteiger partial charge in [0.05, 0.1) is 0 Å². The van der Waals surface area contributed by atoms with Crippen LogP contribution in [0.15, 0.2) is 42.5 Å². The van der Waals surface area contributed by atoms with Crippen molar-refractivity contribution in [1.82, 2.24) is 4.98 Å². The summed E-state index contributed by atoms with van der Waals surface area (Å²) in [5.74, 6) is 1.85. The van der Waals surface area contributed by atoms with E-state index in [1.807, 2.05) is 25.2 Å².